The third-order valence-corrected chi connectivity index (χ3v) is 3.34. The molecule has 0 nitrogen and oxygen atoms in total. The summed E-state index contributed by atoms with van der Waals surface area (Å²) in [6.45, 7) is 0. The summed E-state index contributed by atoms with van der Waals surface area (Å²) in [6, 6.07) is 7.04. The summed E-state index contributed by atoms with van der Waals surface area (Å²) in [7, 11) is 0. The summed E-state index contributed by atoms with van der Waals surface area (Å²) in [6.07, 6.45) is 0. The van der Waals surface area contributed by atoms with E-state index in [4.69, 9.17) is 0 Å². The first-order valence-electron chi connectivity index (χ1n) is 3.11. The molecule has 0 bridgehead atoms. The molecule has 0 fully saturated rings. The summed E-state index contributed by atoms with van der Waals surface area (Å²) in [5, 5.41) is 0.738. The van der Waals surface area contributed by atoms with Crippen LogP contribution in [0.1, 0.15) is 0 Å². The van der Waals surface area contributed by atoms with Gasteiger partial charge in [0, 0.05) is 10.1 Å². The largest absolute Gasteiger partial charge is 0.206 e. The van der Waals surface area contributed by atoms with Gasteiger partial charge in [0.1, 0.15) is 5.82 Å². The van der Waals surface area contributed by atoms with E-state index in [-0.39, 0.29) is 5.82 Å². The fraction of sp³-hybridized carbons (Fsp3) is 0. The van der Waals surface area contributed by atoms with Crippen LogP contribution in [0.25, 0.3) is 10.1 Å². The molecule has 0 spiro atoms. The van der Waals surface area contributed by atoms with Crippen molar-refractivity contribution in [3.05, 3.63) is 33.0 Å². The lowest BCUT2D eigenvalue weighted by Gasteiger charge is -1.87. The quantitative estimate of drug-likeness (QED) is 0.645. The Morgan fingerprint density at radius 2 is 2.18 bits per heavy atom. The van der Waals surface area contributed by atoms with Gasteiger partial charge in [0.25, 0.3) is 0 Å². The Bertz CT molecular complexity index is 394. The van der Waals surface area contributed by atoms with Crippen molar-refractivity contribution in [3.8, 4) is 0 Å². The zero-order valence-corrected chi connectivity index (χ0v) is 8.45. The van der Waals surface area contributed by atoms with Gasteiger partial charge in [-0.3, -0.25) is 0 Å². The average molecular weight is 278 g/mol. The molecule has 0 amide bonds. The highest BCUT2D eigenvalue weighted by molar-refractivity contribution is 14.1. The van der Waals surface area contributed by atoms with Gasteiger partial charge in [-0.1, -0.05) is 6.07 Å². The van der Waals surface area contributed by atoms with Crippen molar-refractivity contribution < 1.29 is 4.39 Å². The zero-order valence-electron chi connectivity index (χ0n) is 5.47. The molecule has 1 aromatic heterocycles. The predicted octanol–water partition coefficient (Wildman–Crippen LogP) is 3.65. The lowest BCUT2D eigenvalue weighted by Crippen LogP contribution is -1.70. The number of hydrogen-bond donors (Lipinski definition) is 0. The maximum absolute atomic E-state index is 13.0. The normalized spacial score (nSPS) is 10.7. The fourth-order valence-electron chi connectivity index (χ4n) is 0.994. The van der Waals surface area contributed by atoms with E-state index in [2.05, 4.69) is 22.6 Å². The van der Waals surface area contributed by atoms with Gasteiger partial charge < -0.3 is 0 Å². The minimum atomic E-state index is -0.123. The smallest absolute Gasteiger partial charge is 0.131 e. The van der Waals surface area contributed by atoms with Crippen molar-refractivity contribution in [2.24, 2.45) is 0 Å². The van der Waals surface area contributed by atoms with Crippen LogP contribution in [-0.4, -0.2) is 0 Å². The van der Waals surface area contributed by atoms with Crippen LogP contribution in [0.5, 0.6) is 0 Å². The minimum Gasteiger partial charge on any atom is -0.206 e. The SMILES string of the molecule is Fc1cccc2sc(I)cc12. The molecule has 0 radical (unpaired) electrons. The van der Waals surface area contributed by atoms with E-state index in [1.807, 2.05) is 12.1 Å². The van der Waals surface area contributed by atoms with Crippen LogP contribution in [-0.2, 0) is 0 Å². The summed E-state index contributed by atoms with van der Waals surface area (Å²) in [4.78, 5) is 0. The Hall–Kier alpha value is -0.160. The van der Waals surface area contributed by atoms with Crippen molar-refractivity contribution in [3.63, 3.8) is 0 Å². The van der Waals surface area contributed by atoms with Crippen molar-refractivity contribution in [1.29, 1.82) is 0 Å². The molecule has 0 saturated carbocycles. The summed E-state index contributed by atoms with van der Waals surface area (Å²) in [5.74, 6) is -0.123. The van der Waals surface area contributed by atoms with Gasteiger partial charge in [-0.15, -0.1) is 11.3 Å². The molecule has 0 N–H and O–H groups in total. The second-order valence-corrected chi connectivity index (χ2v) is 5.18. The first-order chi connectivity index (χ1) is 5.27. The van der Waals surface area contributed by atoms with E-state index in [9.17, 15) is 4.39 Å². The first-order valence-corrected chi connectivity index (χ1v) is 5.00. The van der Waals surface area contributed by atoms with Crippen LogP contribution in [0, 0.1) is 8.70 Å². The first kappa shape index (κ1) is 7.49. The van der Waals surface area contributed by atoms with E-state index in [0.29, 0.717) is 0 Å². The van der Waals surface area contributed by atoms with Gasteiger partial charge in [0.05, 0.1) is 2.88 Å². The van der Waals surface area contributed by atoms with Crippen molar-refractivity contribution in [2.75, 3.05) is 0 Å². The number of thiophene rings is 1. The Balaban J connectivity index is 2.90. The third-order valence-electron chi connectivity index (χ3n) is 1.48. The number of rotatable bonds is 0. The lowest BCUT2D eigenvalue weighted by molar-refractivity contribution is 0.640. The highest BCUT2D eigenvalue weighted by Gasteiger charge is 2.02. The number of halogens is 2. The molecule has 11 heavy (non-hydrogen) atoms. The van der Waals surface area contributed by atoms with E-state index < -0.39 is 0 Å². The van der Waals surface area contributed by atoms with Crippen LogP contribution in [0.4, 0.5) is 4.39 Å². The van der Waals surface area contributed by atoms with Gasteiger partial charge in [0.15, 0.2) is 0 Å². The van der Waals surface area contributed by atoms with Gasteiger partial charge >= 0.3 is 0 Å². The molecule has 1 heterocycles. The molecule has 0 aliphatic rings. The Morgan fingerprint density at radius 3 is 2.91 bits per heavy atom. The number of fused-ring (bicyclic) bond motifs is 1. The van der Waals surface area contributed by atoms with Crippen molar-refractivity contribution >= 4 is 44.0 Å². The molecule has 2 rings (SSSR count). The van der Waals surface area contributed by atoms with E-state index >= 15 is 0 Å². The Labute approximate surface area is 81.2 Å². The van der Waals surface area contributed by atoms with Gasteiger partial charge in [-0.25, -0.2) is 4.39 Å². The molecule has 56 valence electrons. The zero-order chi connectivity index (χ0) is 7.84. The number of hydrogen-bond acceptors (Lipinski definition) is 1. The van der Waals surface area contributed by atoms with Crippen LogP contribution >= 0.6 is 33.9 Å². The lowest BCUT2D eigenvalue weighted by atomic mass is 10.2. The molecular weight excluding hydrogens is 274 g/mol. The number of benzene rings is 1. The molecule has 1 aromatic carbocycles. The van der Waals surface area contributed by atoms with Crippen LogP contribution in [0.3, 0.4) is 0 Å². The minimum absolute atomic E-state index is 0.123. The van der Waals surface area contributed by atoms with Crippen LogP contribution in [0.2, 0.25) is 0 Å². The molecule has 2 aromatic rings. The molecule has 0 aliphatic heterocycles. The van der Waals surface area contributed by atoms with E-state index in [0.717, 1.165) is 13.0 Å². The standard InChI is InChI=1S/C8H4FIS/c9-6-2-1-3-7-5(6)4-8(10)11-7/h1-4H. The molecule has 3 heteroatoms. The fourth-order valence-corrected chi connectivity index (χ4v) is 2.82. The molecule has 0 unspecified atom stereocenters. The highest BCUT2D eigenvalue weighted by Crippen LogP contribution is 2.28. The summed E-state index contributed by atoms with van der Waals surface area (Å²) >= 11 is 3.81. The van der Waals surface area contributed by atoms with Crippen LogP contribution < -0.4 is 0 Å². The monoisotopic (exact) mass is 278 g/mol. The van der Waals surface area contributed by atoms with E-state index in [1.54, 1.807) is 17.4 Å². The molecular formula is C8H4FIS. The third kappa shape index (κ3) is 1.27. The van der Waals surface area contributed by atoms with Gasteiger partial charge in [-0.2, -0.15) is 0 Å². The Kier molecular flexibility index (Phi) is 1.85. The average Bonchev–Trinajstić information content (AvgIpc) is 2.31. The van der Waals surface area contributed by atoms with Gasteiger partial charge in [-0.05, 0) is 40.8 Å². The van der Waals surface area contributed by atoms with Gasteiger partial charge in [0.2, 0.25) is 0 Å². The van der Waals surface area contributed by atoms with Crippen molar-refractivity contribution in [1.82, 2.24) is 0 Å². The second-order valence-electron chi connectivity index (χ2n) is 2.20. The van der Waals surface area contributed by atoms with Crippen molar-refractivity contribution in [2.45, 2.75) is 0 Å². The van der Waals surface area contributed by atoms with E-state index in [1.165, 1.54) is 6.07 Å². The molecule has 0 saturated heterocycles. The molecule has 0 atom stereocenters. The summed E-state index contributed by atoms with van der Waals surface area (Å²) < 4.78 is 15.2. The predicted molar refractivity (Wildman–Crippen MR) is 54.5 cm³/mol. The second kappa shape index (κ2) is 2.71. The molecule has 0 aliphatic carbocycles. The topological polar surface area (TPSA) is 0 Å². The summed E-state index contributed by atoms with van der Waals surface area (Å²) in [5.41, 5.74) is 0. The maximum atomic E-state index is 13.0. The van der Waals surface area contributed by atoms with Crippen LogP contribution in [0.15, 0.2) is 24.3 Å². The Morgan fingerprint density at radius 1 is 1.36 bits per heavy atom. The highest BCUT2D eigenvalue weighted by atomic mass is 127. The maximum Gasteiger partial charge on any atom is 0.131 e.